The molecule has 2 aromatic carbocycles. The number of aromatic nitrogens is 1. The van der Waals surface area contributed by atoms with Gasteiger partial charge in [-0.2, -0.15) is 17.9 Å². The Kier molecular flexibility index (Phi) is 15.5. The molecule has 1 saturated heterocycles. The van der Waals surface area contributed by atoms with Gasteiger partial charge in [0, 0.05) is 47.8 Å². The van der Waals surface area contributed by atoms with Crippen LogP contribution in [0.1, 0.15) is 44.4 Å². The number of nitrogens with two attached hydrogens (primary N) is 1. The van der Waals surface area contributed by atoms with Crippen molar-refractivity contribution in [2.24, 2.45) is 5.73 Å². The number of benzene rings is 2. The summed E-state index contributed by atoms with van der Waals surface area (Å²) in [6.07, 6.45) is -2.67. The van der Waals surface area contributed by atoms with Gasteiger partial charge in [0.25, 0.3) is 0 Å². The number of aryl methyl sites for hydroxylation is 1. The second-order valence-electron chi connectivity index (χ2n) is 13.5. The number of ether oxygens (including phenoxy) is 1. The second-order valence-corrected chi connectivity index (χ2v) is 15.9. The number of carbonyl (C=O) groups is 3. The number of fused-ring (bicyclic) bond motifs is 1. The Bertz CT molecular complexity index is 1920. The molecule has 1 aliphatic rings. The highest BCUT2D eigenvalue weighted by Gasteiger charge is 2.40. The third-order valence-electron chi connectivity index (χ3n) is 8.37. The zero-order valence-electron chi connectivity index (χ0n) is 30.5. The van der Waals surface area contributed by atoms with Crippen LogP contribution >= 0.6 is 23.2 Å². The molecule has 4 N–H and O–H groups in total. The number of nitrogens with one attached hydrogen (secondary N) is 1. The number of nitrogens with zero attached hydrogens (tertiary/aromatic N) is 4. The summed E-state index contributed by atoms with van der Waals surface area (Å²) in [6, 6.07) is 11.5. The van der Waals surface area contributed by atoms with Crippen LogP contribution in [0.15, 0.2) is 47.4 Å². The number of halogens is 5. The minimum atomic E-state index is -5.08. The van der Waals surface area contributed by atoms with Crippen LogP contribution < -0.4 is 15.2 Å². The van der Waals surface area contributed by atoms with Gasteiger partial charge in [-0.25, -0.2) is 18.2 Å². The van der Waals surface area contributed by atoms with Crippen LogP contribution in [0, 0.1) is 6.92 Å². The van der Waals surface area contributed by atoms with Crippen LogP contribution in [-0.4, -0.2) is 116 Å². The van der Waals surface area contributed by atoms with Crippen molar-refractivity contribution in [1.29, 1.82) is 0 Å². The van der Waals surface area contributed by atoms with E-state index in [0.717, 1.165) is 30.5 Å². The predicted octanol–water partition coefficient (Wildman–Crippen LogP) is 4.85. The Morgan fingerprint density at radius 1 is 1.02 bits per heavy atom. The number of amides is 2. The fourth-order valence-corrected chi connectivity index (χ4v) is 7.77. The van der Waals surface area contributed by atoms with Crippen molar-refractivity contribution in [1.82, 2.24) is 24.4 Å². The molecule has 19 heteroatoms. The van der Waals surface area contributed by atoms with Crippen molar-refractivity contribution < 1.29 is 45.8 Å². The normalized spacial score (nSPS) is 14.4. The summed E-state index contributed by atoms with van der Waals surface area (Å²) in [5.74, 6) is -2.81. The first-order valence-electron chi connectivity index (χ1n) is 16.8. The number of rotatable bonds is 13. The van der Waals surface area contributed by atoms with Gasteiger partial charge in [0.2, 0.25) is 21.8 Å². The van der Waals surface area contributed by atoms with E-state index in [-0.39, 0.29) is 46.1 Å². The number of sulfonamides is 1. The van der Waals surface area contributed by atoms with Gasteiger partial charge in [-0.1, -0.05) is 47.8 Å². The molecule has 13 nitrogen and oxygen atoms in total. The van der Waals surface area contributed by atoms with Gasteiger partial charge in [-0.15, -0.1) is 0 Å². The first-order valence-corrected chi connectivity index (χ1v) is 19.1. The highest BCUT2D eigenvalue weighted by atomic mass is 35.5. The lowest BCUT2D eigenvalue weighted by Gasteiger charge is -2.39. The fourth-order valence-electron chi connectivity index (χ4n) is 5.51. The van der Waals surface area contributed by atoms with Crippen molar-refractivity contribution in [3.8, 4) is 5.75 Å². The second kappa shape index (κ2) is 18.7. The molecule has 0 saturated carbocycles. The molecule has 4 rings (SSSR count). The summed E-state index contributed by atoms with van der Waals surface area (Å²) in [4.78, 5) is 45.0. The number of carboxylic acid groups (broad SMARTS) is 1. The average molecular weight is 822 g/mol. The van der Waals surface area contributed by atoms with Gasteiger partial charge >= 0.3 is 12.1 Å². The van der Waals surface area contributed by atoms with E-state index in [1.54, 1.807) is 15.9 Å². The molecule has 0 bridgehead atoms. The third-order valence-corrected chi connectivity index (χ3v) is 11.0. The summed E-state index contributed by atoms with van der Waals surface area (Å²) in [7, 11) is -0.278. The molecule has 1 atom stereocenters. The van der Waals surface area contributed by atoms with Crippen molar-refractivity contribution in [2.45, 2.75) is 69.3 Å². The summed E-state index contributed by atoms with van der Waals surface area (Å²) in [5.41, 5.74) is 6.42. The smallest absolute Gasteiger partial charge is 0.487 e. The zero-order valence-corrected chi connectivity index (χ0v) is 32.9. The van der Waals surface area contributed by atoms with E-state index in [9.17, 15) is 31.2 Å². The fraction of sp³-hybridized carbons (Fsp3) is 0.486. The topological polar surface area (TPSA) is 175 Å². The van der Waals surface area contributed by atoms with Gasteiger partial charge in [-0.05, 0) is 78.5 Å². The standard InChI is InChI=1S/C33H44Cl2N6O5S.C2HF3O2/c1-22-12-13-23-9-8-11-27(30(23)37-22)46-21-24-25(34)14-15-28(29(24)35)47(44,45)38-33(2,3)32(43)41-19-17-40(18-20-41)31(42)26(36)10-6-7-16-39(4)5;3-2(4,5)1(6)7/h8-9,11-15,26,38H,6-7,10,16-21,36H2,1-5H3;(H,6,7). The number of hydrogen-bond donors (Lipinski definition) is 3. The van der Waals surface area contributed by atoms with E-state index >= 15 is 0 Å². The van der Waals surface area contributed by atoms with Crippen LogP contribution in [0.2, 0.25) is 10.0 Å². The van der Waals surface area contributed by atoms with E-state index in [0.29, 0.717) is 30.8 Å². The summed E-state index contributed by atoms with van der Waals surface area (Å²) in [6.45, 7) is 6.85. The molecule has 0 aliphatic carbocycles. The molecule has 2 amide bonds. The summed E-state index contributed by atoms with van der Waals surface area (Å²) in [5, 5.41) is 8.14. The Labute approximate surface area is 322 Å². The SMILES string of the molecule is Cc1ccc2cccc(OCc3c(Cl)ccc(S(=O)(=O)NC(C)(C)C(=O)N4CCN(C(=O)C(N)CCCCN(C)C)CC4)c3Cl)c2n1.O=C(O)C(F)(F)F. The van der Waals surface area contributed by atoms with E-state index in [4.69, 9.17) is 43.6 Å². The molecule has 1 fully saturated rings. The lowest BCUT2D eigenvalue weighted by Crippen LogP contribution is -2.61. The third kappa shape index (κ3) is 12.1. The quantitative estimate of drug-likeness (QED) is 0.202. The average Bonchev–Trinajstić information content (AvgIpc) is 3.08. The number of para-hydroxylation sites is 1. The first kappa shape index (κ1) is 44.7. The molecule has 1 aliphatic heterocycles. The minimum absolute atomic E-state index is 0.109. The molecule has 298 valence electrons. The van der Waals surface area contributed by atoms with Crippen LogP contribution in [0.3, 0.4) is 0 Å². The Morgan fingerprint density at radius 2 is 1.63 bits per heavy atom. The lowest BCUT2D eigenvalue weighted by molar-refractivity contribution is -0.192. The van der Waals surface area contributed by atoms with Crippen LogP contribution in [0.5, 0.6) is 5.75 Å². The lowest BCUT2D eigenvalue weighted by atomic mass is 10.0. The monoisotopic (exact) mass is 820 g/mol. The molecule has 1 unspecified atom stereocenters. The molecule has 0 spiro atoms. The van der Waals surface area contributed by atoms with Crippen molar-refractivity contribution in [2.75, 3.05) is 46.8 Å². The summed E-state index contributed by atoms with van der Waals surface area (Å²) < 4.78 is 67.6. The van der Waals surface area contributed by atoms with Gasteiger partial charge in [0.15, 0.2) is 0 Å². The number of carboxylic acids is 1. The van der Waals surface area contributed by atoms with Gasteiger partial charge in [-0.3, -0.25) is 9.59 Å². The van der Waals surface area contributed by atoms with E-state index in [1.807, 2.05) is 45.3 Å². The van der Waals surface area contributed by atoms with Crippen LogP contribution in [0.25, 0.3) is 10.9 Å². The van der Waals surface area contributed by atoms with Crippen LogP contribution in [0.4, 0.5) is 13.2 Å². The molecule has 54 heavy (non-hydrogen) atoms. The maximum absolute atomic E-state index is 13.6. The first-order chi connectivity index (χ1) is 25.0. The van der Waals surface area contributed by atoms with Crippen molar-refractivity contribution in [3.63, 3.8) is 0 Å². The molecular formula is C35H45Cl2F3N6O7S. The summed E-state index contributed by atoms with van der Waals surface area (Å²) >= 11 is 13.1. The van der Waals surface area contributed by atoms with Gasteiger partial charge < -0.3 is 30.3 Å². The number of aliphatic carboxylic acids is 1. The van der Waals surface area contributed by atoms with Gasteiger partial charge in [0.05, 0.1) is 11.1 Å². The molecule has 2 heterocycles. The number of carbonyl (C=O) groups excluding carboxylic acids is 2. The highest BCUT2D eigenvalue weighted by molar-refractivity contribution is 7.89. The Hall–Kier alpha value is -3.74. The maximum Gasteiger partial charge on any atom is 0.490 e. The van der Waals surface area contributed by atoms with E-state index in [1.165, 1.54) is 26.0 Å². The zero-order chi connectivity index (χ0) is 40.6. The minimum Gasteiger partial charge on any atom is -0.487 e. The number of alkyl halides is 3. The maximum atomic E-state index is 13.6. The molecule has 0 radical (unpaired) electrons. The van der Waals surface area contributed by atoms with E-state index in [2.05, 4.69) is 14.6 Å². The Morgan fingerprint density at radius 3 is 2.22 bits per heavy atom. The molecule has 3 aromatic rings. The highest BCUT2D eigenvalue weighted by Crippen LogP contribution is 2.34. The number of hydrogen-bond acceptors (Lipinski definition) is 9. The van der Waals surface area contributed by atoms with Gasteiger partial charge in [0.1, 0.15) is 28.3 Å². The van der Waals surface area contributed by atoms with E-state index < -0.39 is 39.7 Å². The van der Waals surface area contributed by atoms with Crippen molar-refractivity contribution >= 4 is 61.9 Å². The predicted molar refractivity (Wildman–Crippen MR) is 199 cm³/mol. The Balaban J connectivity index is 0.00000102. The number of piperazine rings is 1. The van der Waals surface area contributed by atoms with Crippen LogP contribution in [-0.2, 0) is 31.0 Å². The van der Waals surface area contributed by atoms with Crippen molar-refractivity contribution in [3.05, 3.63) is 63.8 Å². The number of pyridine rings is 1. The number of unbranched alkanes of at least 4 members (excludes halogenated alkanes) is 1. The molecule has 1 aromatic heterocycles. The molecular weight excluding hydrogens is 776 g/mol. The largest absolute Gasteiger partial charge is 0.490 e.